The number of hydrogen-bond donors (Lipinski definition) is 2. The minimum absolute atomic E-state index is 0.181. The summed E-state index contributed by atoms with van der Waals surface area (Å²) in [6.45, 7) is 7.58. The SMILES string of the molecule is CC(=O)N1CCC(c2cc3c(-c4cccc(N)c4C)ccc(C)c3[nH]2)CC1. The quantitative estimate of drug-likeness (QED) is 0.647. The topological polar surface area (TPSA) is 62.1 Å². The van der Waals surface area contributed by atoms with Crippen LogP contribution >= 0.6 is 0 Å². The number of carbonyl (C=O) groups is 1. The number of nitrogens with two attached hydrogens (primary N) is 1. The Morgan fingerprint density at radius 3 is 2.56 bits per heavy atom. The van der Waals surface area contributed by atoms with E-state index in [0.29, 0.717) is 5.92 Å². The summed E-state index contributed by atoms with van der Waals surface area (Å²) in [6.07, 6.45) is 2.02. The molecule has 3 N–H and O–H groups in total. The molecule has 0 radical (unpaired) electrons. The highest BCUT2D eigenvalue weighted by atomic mass is 16.2. The Bertz CT molecular complexity index is 1010. The van der Waals surface area contributed by atoms with E-state index in [0.717, 1.165) is 37.2 Å². The highest BCUT2D eigenvalue weighted by Gasteiger charge is 2.24. The van der Waals surface area contributed by atoms with Gasteiger partial charge in [-0.15, -0.1) is 0 Å². The molecule has 2 heterocycles. The fourth-order valence-corrected chi connectivity index (χ4v) is 4.29. The van der Waals surface area contributed by atoms with Crippen molar-refractivity contribution in [2.45, 2.75) is 39.5 Å². The van der Waals surface area contributed by atoms with E-state index >= 15 is 0 Å². The number of piperidine rings is 1. The molecule has 0 saturated carbocycles. The van der Waals surface area contributed by atoms with Gasteiger partial charge < -0.3 is 15.6 Å². The van der Waals surface area contributed by atoms with Gasteiger partial charge in [-0.2, -0.15) is 0 Å². The Morgan fingerprint density at radius 2 is 1.85 bits per heavy atom. The number of hydrogen-bond acceptors (Lipinski definition) is 2. The van der Waals surface area contributed by atoms with Crippen LogP contribution in [-0.2, 0) is 4.79 Å². The van der Waals surface area contributed by atoms with Crippen LogP contribution in [-0.4, -0.2) is 28.9 Å². The molecule has 4 rings (SSSR count). The molecule has 0 bridgehead atoms. The first-order valence-corrected chi connectivity index (χ1v) is 9.69. The van der Waals surface area contributed by atoms with E-state index in [-0.39, 0.29) is 5.91 Å². The maximum atomic E-state index is 11.6. The van der Waals surface area contributed by atoms with Crippen LogP contribution in [0.5, 0.6) is 0 Å². The number of fused-ring (bicyclic) bond motifs is 1. The van der Waals surface area contributed by atoms with Gasteiger partial charge in [-0.1, -0.05) is 24.3 Å². The number of aromatic amines is 1. The van der Waals surface area contributed by atoms with Crippen molar-refractivity contribution in [1.29, 1.82) is 0 Å². The monoisotopic (exact) mass is 361 g/mol. The van der Waals surface area contributed by atoms with Crippen molar-refractivity contribution in [3.8, 4) is 11.1 Å². The number of aromatic nitrogens is 1. The molecule has 140 valence electrons. The first-order valence-electron chi connectivity index (χ1n) is 9.69. The smallest absolute Gasteiger partial charge is 0.219 e. The number of nitrogen functional groups attached to an aromatic ring is 1. The number of likely N-dealkylation sites (tertiary alicyclic amines) is 1. The summed E-state index contributed by atoms with van der Waals surface area (Å²) in [5.41, 5.74) is 14.3. The van der Waals surface area contributed by atoms with Gasteiger partial charge in [-0.25, -0.2) is 0 Å². The highest BCUT2D eigenvalue weighted by molar-refractivity contribution is 5.98. The number of carbonyl (C=O) groups excluding carboxylic acids is 1. The van der Waals surface area contributed by atoms with Crippen molar-refractivity contribution < 1.29 is 4.79 Å². The number of nitrogens with one attached hydrogen (secondary N) is 1. The number of anilines is 1. The van der Waals surface area contributed by atoms with E-state index in [1.807, 2.05) is 17.0 Å². The summed E-state index contributed by atoms with van der Waals surface area (Å²) in [7, 11) is 0. The number of nitrogens with zero attached hydrogens (tertiary/aromatic N) is 1. The zero-order chi connectivity index (χ0) is 19.1. The third kappa shape index (κ3) is 3.09. The van der Waals surface area contributed by atoms with Crippen LogP contribution < -0.4 is 5.73 Å². The second kappa shape index (κ2) is 6.76. The van der Waals surface area contributed by atoms with Crippen molar-refractivity contribution in [3.63, 3.8) is 0 Å². The number of rotatable bonds is 2. The van der Waals surface area contributed by atoms with Crippen molar-refractivity contribution >= 4 is 22.5 Å². The van der Waals surface area contributed by atoms with Gasteiger partial charge in [0.1, 0.15) is 0 Å². The average molecular weight is 361 g/mol. The van der Waals surface area contributed by atoms with Crippen molar-refractivity contribution in [3.05, 3.63) is 53.2 Å². The summed E-state index contributed by atoms with van der Waals surface area (Å²) in [6, 6.07) is 12.8. The van der Waals surface area contributed by atoms with E-state index in [1.165, 1.54) is 33.3 Å². The fraction of sp³-hybridized carbons (Fsp3) is 0.348. The third-order valence-corrected chi connectivity index (χ3v) is 6.07. The molecule has 1 aliphatic heterocycles. The molecule has 4 nitrogen and oxygen atoms in total. The summed E-state index contributed by atoms with van der Waals surface area (Å²) >= 11 is 0. The van der Waals surface area contributed by atoms with Crippen LogP contribution in [0.2, 0.25) is 0 Å². The lowest BCUT2D eigenvalue weighted by atomic mass is 9.92. The molecule has 1 saturated heterocycles. The Balaban J connectivity index is 1.75. The van der Waals surface area contributed by atoms with Gasteiger partial charge in [0.05, 0.1) is 0 Å². The summed E-state index contributed by atoms with van der Waals surface area (Å²) in [5.74, 6) is 0.655. The minimum atomic E-state index is 0.181. The number of aryl methyl sites for hydroxylation is 1. The molecule has 2 aromatic carbocycles. The zero-order valence-electron chi connectivity index (χ0n) is 16.3. The Kier molecular flexibility index (Phi) is 4.42. The lowest BCUT2D eigenvalue weighted by Crippen LogP contribution is -2.36. The third-order valence-electron chi connectivity index (χ3n) is 6.07. The van der Waals surface area contributed by atoms with Gasteiger partial charge in [0.15, 0.2) is 0 Å². The van der Waals surface area contributed by atoms with E-state index in [2.05, 4.69) is 43.1 Å². The van der Waals surface area contributed by atoms with Gasteiger partial charge in [-0.05, 0) is 61.1 Å². The highest BCUT2D eigenvalue weighted by Crippen LogP contribution is 2.37. The van der Waals surface area contributed by atoms with Gasteiger partial charge in [0, 0.05) is 48.2 Å². The van der Waals surface area contributed by atoms with Crippen LogP contribution in [0.25, 0.3) is 22.0 Å². The standard InChI is InChI=1S/C23H27N3O/c1-14-7-8-19(18-5-4-6-21(24)15(18)2)20-13-22(25-23(14)20)17-9-11-26(12-10-17)16(3)27/h4-8,13,17,25H,9-12,24H2,1-3H3. The Hall–Kier alpha value is -2.75. The average Bonchev–Trinajstić information content (AvgIpc) is 3.11. The van der Waals surface area contributed by atoms with Crippen molar-refractivity contribution in [1.82, 2.24) is 9.88 Å². The van der Waals surface area contributed by atoms with Crippen LogP contribution in [0.1, 0.15) is 42.5 Å². The lowest BCUT2D eigenvalue weighted by Gasteiger charge is -2.30. The molecule has 27 heavy (non-hydrogen) atoms. The van der Waals surface area contributed by atoms with E-state index in [1.54, 1.807) is 6.92 Å². The first kappa shape index (κ1) is 17.7. The molecule has 4 heteroatoms. The second-order valence-electron chi connectivity index (χ2n) is 7.74. The summed E-state index contributed by atoms with van der Waals surface area (Å²) in [5, 5.41) is 1.26. The molecule has 0 spiro atoms. The van der Waals surface area contributed by atoms with E-state index in [4.69, 9.17) is 5.73 Å². The number of amides is 1. The van der Waals surface area contributed by atoms with Crippen LogP contribution in [0.15, 0.2) is 36.4 Å². The maximum Gasteiger partial charge on any atom is 0.219 e. The molecule has 3 aromatic rings. The molecule has 1 fully saturated rings. The maximum absolute atomic E-state index is 11.6. The minimum Gasteiger partial charge on any atom is -0.398 e. The molecular weight excluding hydrogens is 334 g/mol. The largest absolute Gasteiger partial charge is 0.398 e. The van der Waals surface area contributed by atoms with Crippen LogP contribution in [0.3, 0.4) is 0 Å². The molecule has 0 atom stereocenters. The Morgan fingerprint density at radius 1 is 1.11 bits per heavy atom. The molecule has 0 unspecified atom stereocenters. The first-order chi connectivity index (χ1) is 13.0. The molecule has 1 amide bonds. The fourth-order valence-electron chi connectivity index (χ4n) is 4.29. The van der Waals surface area contributed by atoms with Crippen LogP contribution in [0, 0.1) is 13.8 Å². The summed E-state index contributed by atoms with van der Waals surface area (Å²) < 4.78 is 0. The molecule has 1 aromatic heterocycles. The van der Waals surface area contributed by atoms with Gasteiger partial charge in [0.25, 0.3) is 0 Å². The normalized spacial score (nSPS) is 15.4. The number of H-pyrrole nitrogens is 1. The van der Waals surface area contributed by atoms with Gasteiger partial charge in [0.2, 0.25) is 5.91 Å². The molecule has 1 aliphatic rings. The lowest BCUT2D eigenvalue weighted by molar-refractivity contribution is -0.129. The van der Waals surface area contributed by atoms with Crippen LogP contribution in [0.4, 0.5) is 5.69 Å². The molecule has 0 aliphatic carbocycles. The van der Waals surface area contributed by atoms with Gasteiger partial charge >= 0.3 is 0 Å². The van der Waals surface area contributed by atoms with Crippen molar-refractivity contribution in [2.24, 2.45) is 0 Å². The summed E-state index contributed by atoms with van der Waals surface area (Å²) in [4.78, 5) is 17.2. The predicted octanol–water partition coefficient (Wildman–Crippen LogP) is 4.76. The Labute approximate surface area is 160 Å². The zero-order valence-corrected chi connectivity index (χ0v) is 16.3. The predicted molar refractivity (Wildman–Crippen MR) is 112 cm³/mol. The molecular formula is C23H27N3O. The number of benzene rings is 2. The van der Waals surface area contributed by atoms with E-state index < -0.39 is 0 Å². The van der Waals surface area contributed by atoms with E-state index in [9.17, 15) is 4.79 Å². The van der Waals surface area contributed by atoms with Gasteiger partial charge in [-0.3, -0.25) is 4.79 Å². The van der Waals surface area contributed by atoms with Crippen molar-refractivity contribution in [2.75, 3.05) is 18.8 Å². The second-order valence-corrected chi connectivity index (χ2v) is 7.74.